The molecule has 9 heteroatoms. The molecule has 3 aromatic rings. The first-order valence-corrected chi connectivity index (χ1v) is 13.4. The van der Waals surface area contributed by atoms with Crippen molar-refractivity contribution in [1.29, 1.82) is 5.26 Å². The number of pyridine rings is 1. The molecule has 1 N–H and O–H groups in total. The zero-order valence-corrected chi connectivity index (χ0v) is 19.1. The molecule has 0 bridgehead atoms. The predicted molar refractivity (Wildman–Crippen MR) is 124 cm³/mol. The SMILES string of the molecule is N#CCCN1CCC(n2c(CCS(=O)(=O)C3CCCC3)nc3cnc4[nH]ccc4c32)CC1. The fourth-order valence-corrected chi connectivity index (χ4v) is 7.32. The molecule has 0 atom stereocenters. The van der Waals surface area contributed by atoms with E-state index in [1.165, 1.54) is 0 Å². The molecular weight excluding hydrogens is 424 g/mol. The summed E-state index contributed by atoms with van der Waals surface area (Å²) in [6.45, 7) is 2.69. The van der Waals surface area contributed by atoms with Gasteiger partial charge in [0.1, 0.15) is 17.0 Å². The normalized spacial score (nSPS) is 19.2. The molecule has 0 spiro atoms. The van der Waals surface area contributed by atoms with Gasteiger partial charge in [-0.2, -0.15) is 5.26 Å². The molecule has 0 radical (unpaired) electrons. The van der Waals surface area contributed by atoms with Crippen LogP contribution < -0.4 is 0 Å². The van der Waals surface area contributed by atoms with Crippen LogP contribution in [0.25, 0.3) is 22.1 Å². The number of aromatic nitrogens is 4. The molecule has 3 aromatic heterocycles. The molecule has 1 aliphatic heterocycles. The van der Waals surface area contributed by atoms with Crippen LogP contribution in [0.15, 0.2) is 18.5 Å². The van der Waals surface area contributed by atoms with Crippen LogP contribution in [0, 0.1) is 11.3 Å². The lowest BCUT2D eigenvalue weighted by Gasteiger charge is -2.33. The van der Waals surface area contributed by atoms with Gasteiger partial charge in [-0.15, -0.1) is 0 Å². The Labute approximate surface area is 188 Å². The Morgan fingerprint density at radius 1 is 1.19 bits per heavy atom. The van der Waals surface area contributed by atoms with Crippen molar-refractivity contribution >= 4 is 31.9 Å². The minimum absolute atomic E-state index is 0.158. The van der Waals surface area contributed by atoms with E-state index in [2.05, 4.69) is 25.5 Å². The first-order valence-electron chi connectivity index (χ1n) is 11.7. The number of hydrogen-bond donors (Lipinski definition) is 1. The van der Waals surface area contributed by atoms with E-state index in [0.717, 1.165) is 86.1 Å². The summed E-state index contributed by atoms with van der Waals surface area (Å²) in [7, 11) is -3.11. The van der Waals surface area contributed by atoms with Gasteiger partial charge in [0.15, 0.2) is 9.84 Å². The van der Waals surface area contributed by atoms with E-state index >= 15 is 0 Å². The number of fused-ring (bicyclic) bond motifs is 3. The maximum Gasteiger partial charge on any atom is 0.153 e. The van der Waals surface area contributed by atoms with Crippen LogP contribution in [-0.2, 0) is 16.3 Å². The highest BCUT2D eigenvalue weighted by Gasteiger charge is 2.30. The molecule has 170 valence electrons. The number of nitrogens with one attached hydrogen (secondary N) is 1. The van der Waals surface area contributed by atoms with Crippen LogP contribution in [0.5, 0.6) is 0 Å². The van der Waals surface area contributed by atoms with E-state index in [1.54, 1.807) is 6.20 Å². The topological polar surface area (TPSA) is 108 Å². The largest absolute Gasteiger partial charge is 0.346 e. The third-order valence-electron chi connectivity index (χ3n) is 7.19. The number of nitrogens with zero attached hydrogens (tertiary/aromatic N) is 5. The summed E-state index contributed by atoms with van der Waals surface area (Å²) < 4.78 is 28.2. The Hall–Kier alpha value is -2.44. The third kappa shape index (κ3) is 4.02. The van der Waals surface area contributed by atoms with E-state index in [9.17, 15) is 8.42 Å². The number of likely N-dealkylation sites (tertiary alicyclic amines) is 1. The van der Waals surface area contributed by atoms with Gasteiger partial charge in [-0.1, -0.05) is 12.8 Å². The number of aromatic amines is 1. The predicted octanol–water partition coefficient (Wildman–Crippen LogP) is 3.36. The van der Waals surface area contributed by atoms with Gasteiger partial charge in [0.2, 0.25) is 0 Å². The number of aryl methyl sites for hydroxylation is 1. The summed E-state index contributed by atoms with van der Waals surface area (Å²) in [6.07, 6.45) is 10.2. The number of piperidine rings is 1. The van der Waals surface area contributed by atoms with Gasteiger partial charge >= 0.3 is 0 Å². The van der Waals surface area contributed by atoms with Gasteiger partial charge in [0.05, 0.1) is 28.8 Å². The van der Waals surface area contributed by atoms with Crippen LogP contribution in [0.3, 0.4) is 0 Å². The van der Waals surface area contributed by atoms with Crippen molar-refractivity contribution < 1.29 is 8.42 Å². The van der Waals surface area contributed by atoms with Crippen LogP contribution >= 0.6 is 0 Å². The van der Waals surface area contributed by atoms with Crippen LogP contribution in [0.2, 0.25) is 0 Å². The maximum absolute atomic E-state index is 12.9. The Morgan fingerprint density at radius 2 is 1.97 bits per heavy atom. The lowest BCUT2D eigenvalue weighted by Crippen LogP contribution is -2.35. The summed E-state index contributed by atoms with van der Waals surface area (Å²) in [5, 5.41) is 9.75. The van der Waals surface area contributed by atoms with Gasteiger partial charge < -0.3 is 14.5 Å². The van der Waals surface area contributed by atoms with E-state index in [0.29, 0.717) is 12.8 Å². The molecule has 0 unspecified atom stereocenters. The summed E-state index contributed by atoms with van der Waals surface area (Å²) >= 11 is 0. The molecule has 1 saturated heterocycles. The molecule has 0 aromatic carbocycles. The van der Waals surface area contributed by atoms with Crippen LogP contribution in [-0.4, -0.2) is 63.5 Å². The van der Waals surface area contributed by atoms with Gasteiger partial charge in [-0.25, -0.2) is 18.4 Å². The number of sulfone groups is 1. The second kappa shape index (κ2) is 8.83. The first kappa shape index (κ1) is 21.4. The van der Waals surface area contributed by atoms with Crippen molar-refractivity contribution in [2.24, 2.45) is 0 Å². The minimum Gasteiger partial charge on any atom is -0.346 e. The number of rotatable bonds is 7. The standard InChI is InChI=1S/C23H30N6O2S/c24-10-3-12-28-13-7-17(8-14-28)29-21(9-15-32(30,31)18-4-1-2-5-18)27-20-16-26-23-19(22(20)29)6-11-25-23/h6,11,16-18H,1-5,7-9,12-15H2,(H,25,26). The summed E-state index contributed by atoms with van der Waals surface area (Å²) in [5.74, 6) is 1.01. The Balaban J connectivity index is 1.47. The summed E-state index contributed by atoms with van der Waals surface area (Å²) in [5.41, 5.74) is 2.72. The second-order valence-electron chi connectivity index (χ2n) is 9.13. The monoisotopic (exact) mass is 454 g/mol. The number of hydrogen-bond acceptors (Lipinski definition) is 6. The zero-order chi connectivity index (χ0) is 22.1. The lowest BCUT2D eigenvalue weighted by atomic mass is 10.0. The fourth-order valence-electron chi connectivity index (χ4n) is 5.47. The van der Waals surface area contributed by atoms with Gasteiger partial charge in [-0.3, -0.25) is 0 Å². The average molecular weight is 455 g/mol. The zero-order valence-electron chi connectivity index (χ0n) is 18.3. The quantitative estimate of drug-likeness (QED) is 0.586. The highest BCUT2D eigenvalue weighted by atomic mass is 32.2. The van der Waals surface area contributed by atoms with Crippen molar-refractivity contribution in [3.63, 3.8) is 0 Å². The molecule has 5 rings (SSSR count). The van der Waals surface area contributed by atoms with Crippen molar-refractivity contribution in [2.45, 2.75) is 62.7 Å². The second-order valence-corrected chi connectivity index (χ2v) is 11.5. The van der Waals surface area contributed by atoms with Gasteiger partial charge in [-0.05, 0) is 31.7 Å². The van der Waals surface area contributed by atoms with Crippen LogP contribution in [0.1, 0.15) is 56.8 Å². The van der Waals surface area contributed by atoms with E-state index < -0.39 is 9.84 Å². The minimum atomic E-state index is -3.11. The molecule has 1 saturated carbocycles. The molecule has 4 heterocycles. The lowest BCUT2D eigenvalue weighted by molar-refractivity contribution is 0.190. The summed E-state index contributed by atoms with van der Waals surface area (Å²) in [4.78, 5) is 14.9. The number of nitriles is 1. The van der Waals surface area contributed by atoms with Gasteiger partial charge in [0.25, 0.3) is 0 Å². The number of H-pyrrole nitrogens is 1. The average Bonchev–Trinajstić information content (AvgIpc) is 3.55. The molecule has 32 heavy (non-hydrogen) atoms. The Morgan fingerprint density at radius 3 is 2.72 bits per heavy atom. The Bertz CT molecular complexity index is 1240. The van der Waals surface area contributed by atoms with Gasteiger partial charge in [0, 0.05) is 50.1 Å². The maximum atomic E-state index is 12.9. The highest BCUT2D eigenvalue weighted by Crippen LogP contribution is 2.33. The van der Waals surface area contributed by atoms with E-state index in [1.807, 2.05) is 12.3 Å². The van der Waals surface area contributed by atoms with Crippen molar-refractivity contribution in [3.8, 4) is 6.07 Å². The molecule has 8 nitrogen and oxygen atoms in total. The molecule has 1 aliphatic carbocycles. The highest BCUT2D eigenvalue weighted by molar-refractivity contribution is 7.92. The van der Waals surface area contributed by atoms with E-state index in [-0.39, 0.29) is 17.0 Å². The molecule has 2 aliphatic rings. The van der Waals surface area contributed by atoms with Crippen molar-refractivity contribution in [2.75, 3.05) is 25.4 Å². The van der Waals surface area contributed by atoms with Crippen molar-refractivity contribution in [1.82, 2.24) is 24.4 Å². The molecule has 0 amide bonds. The fraction of sp³-hybridized carbons (Fsp3) is 0.609. The smallest absolute Gasteiger partial charge is 0.153 e. The summed E-state index contributed by atoms with van der Waals surface area (Å²) in [6, 6.07) is 4.53. The Kier molecular flexibility index (Phi) is 5.91. The number of imidazole rings is 1. The third-order valence-corrected chi connectivity index (χ3v) is 9.45. The molecular formula is C23H30N6O2S. The van der Waals surface area contributed by atoms with E-state index in [4.69, 9.17) is 10.2 Å². The van der Waals surface area contributed by atoms with Crippen molar-refractivity contribution in [3.05, 3.63) is 24.3 Å². The van der Waals surface area contributed by atoms with Crippen LogP contribution in [0.4, 0.5) is 0 Å². The molecule has 2 fully saturated rings. The first-order chi connectivity index (χ1) is 15.6.